The minimum atomic E-state index is -3.89. The van der Waals surface area contributed by atoms with Crippen LogP contribution in [-0.2, 0) is 26.2 Å². The van der Waals surface area contributed by atoms with Crippen LogP contribution >= 0.6 is 0 Å². The van der Waals surface area contributed by atoms with Crippen molar-refractivity contribution in [2.75, 3.05) is 31.6 Å². The van der Waals surface area contributed by atoms with Gasteiger partial charge >= 0.3 is 0 Å². The number of para-hydroxylation sites is 2. The maximum absolute atomic E-state index is 13.9. The number of benzene rings is 3. The number of piperidine rings is 1. The summed E-state index contributed by atoms with van der Waals surface area (Å²) in [5.41, 5.74) is 2.32. The second-order valence-corrected chi connectivity index (χ2v) is 12.0. The highest BCUT2D eigenvalue weighted by Gasteiger charge is 2.40. The Morgan fingerprint density at radius 1 is 1.02 bits per heavy atom. The fourth-order valence-electron chi connectivity index (χ4n) is 5.19. The Hall–Kier alpha value is -3.89. The van der Waals surface area contributed by atoms with Gasteiger partial charge in [-0.05, 0) is 55.2 Å². The quantitative estimate of drug-likeness (QED) is 0.472. The third-order valence-electron chi connectivity index (χ3n) is 7.31. The number of aryl methyl sites for hydroxylation is 1. The van der Waals surface area contributed by atoms with E-state index in [0.717, 1.165) is 11.1 Å². The SMILES string of the molecule is COc1ccc(C)cc1S(=O)(=O)N1CCCC(C(=O)N2CC(C(=O)NCc3ccccc3)Oc3ccccc32)C1. The first-order valence-corrected chi connectivity index (χ1v) is 14.8. The van der Waals surface area contributed by atoms with Crippen LogP contribution in [0.5, 0.6) is 11.5 Å². The Labute approximate surface area is 234 Å². The molecule has 3 aromatic carbocycles. The number of carbonyl (C=O) groups excluding carboxylic acids is 2. The van der Waals surface area contributed by atoms with E-state index in [4.69, 9.17) is 9.47 Å². The Balaban J connectivity index is 1.35. The minimum absolute atomic E-state index is 0.0332. The van der Waals surface area contributed by atoms with Crippen LogP contribution in [0.25, 0.3) is 0 Å². The predicted molar refractivity (Wildman–Crippen MR) is 151 cm³/mol. The first-order chi connectivity index (χ1) is 19.3. The standard InChI is InChI=1S/C30H33N3O6S/c1-21-14-15-26(38-2)28(17-21)40(36,37)32-16-8-11-23(19-32)30(35)33-20-27(39-25-13-7-6-12-24(25)33)29(34)31-18-22-9-4-3-5-10-22/h3-7,9-10,12-15,17,23,27H,8,11,16,18-20H2,1-2H3,(H,31,34). The van der Waals surface area contributed by atoms with Crippen molar-refractivity contribution in [3.63, 3.8) is 0 Å². The number of sulfonamides is 1. The van der Waals surface area contributed by atoms with Crippen molar-refractivity contribution in [2.45, 2.75) is 37.3 Å². The van der Waals surface area contributed by atoms with Gasteiger partial charge in [0.2, 0.25) is 15.9 Å². The number of hydrogen-bond acceptors (Lipinski definition) is 6. The molecule has 40 heavy (non-hydrogen) atoms. The molecule has 210 valence electrons. The van der Waals surface area contributed by atoms with Crippen LogP contribution < -0.4 is 19.7 Å². The smallest absolute Gasteiger partial charge is 0.263 e. The predicted octanol–water partition coefficient (Wildman–Crippen LogP) is 3.51. The van der Waals surface area contributed by atoms with E-state index in [1.165, 1.54) is 11.4 Å². The van der Waals surface area contributed by atoms with Crippen LogP contribution in [0.1, 0.15) is 24.0 Å². The molecule has 10 heteroatoms. The molecule has 0 aliphatic carbocycles. The monoisotopic (exact) mass is 563 g/mol. The fourth-order valence-corrected chi connectivity index (χ4v) is 6.95. The second-order valence-electron chi connectivity index (χ2n) is 10.1. The van der Waals surface area contributed by atoms with Gasteiger partial charge in [-0.1, -0.05) is 48.5 Å². The normalized spacial score (nSPS) is 19.3. The van der Waals surface area contributed by atoms with Crippen molar-refractivity contribution in [3.05, 3.63) is 83.9 Å². The lowest BCUT2D eigenvalue weighted by atomic mass is 9.97. The summed E-state index contributed by atoms with van der Waals surface area (Å²) in [7, 11) is -2.46. The van der Waals surface area contributed by atoms with Crippen molar-refractivity contribution in [1.29, 1.82) is 0 Å². The van der Waals surface area contributed by atoms with E-state index < -0.39 is 22.0 Å². The Kier molecular flexibility index (Phi) is 8.09. The number of anilines is 1. The third-order valence-corrected chi connectivity index (χ3v) is 9.20. The van der Waals surface area contributed by atoms with Gasteiger partial charge in [0.15, 0.2) is 6.10 Å². The topological polar surface area (TPSA) is 105 Å². The van der Waals surface area contributed by atoms with E-state index in [1.54, 1.807) is 47.4 Å². The first kappa shape index (κ1) is 27.7. The third kappa shape index (κ3) is 5.68. The molecule has 2 heterocycles. The minimum Gasteiger partial charge on any atom is -0.495 e. The second kappa shape index (κ2) is 11.7. The van der Waals surface area contributed by atoms with Crippen LogP contribution in [0.3, 0.4) is 0 Å². The van der Waals surface area contributed by atoms with E-state index >= 15 is 0 Å². The summed E-state index contributed by atoms with van der Waals surface area (Å²) in [6.45, 7) is 2.55. The van der Waals surface area contributed by atoms with E-state index in [2.05, 4.69) is 5.32 Å². The van der Waals surface area contributed by atoms with Crippen molar-refractivity contribution in [3.8, 4) is 11.5 Å². The summed E-state index contributed by atoms with van der Waals surface area (Å²) in [4.78, 5) is 28.7. The zero-order valence-electron chi connectivity index (χ0n) is 22.6. The Bertz CT molecular complexity index is 1490. The summed E-state index contributed by atoms with van der Waals surface area (Å²) >= 11 is 0. The highest BCUT2D eigenvalue weighted by atomic mass is 32.2. The number of nitrogens with zero attached hydrogens (tertiary/aromatic N) is 2. The Morgan fingerprint density at radius 2 is 1.77 bits per heavy atom. The zero-order chi connectivity index (χ0) is 28.3. The molecule has 0 spiro atoms. The van der Waals surface area contributed by atoms with Crippen LogP contribution in [0.2, 0.25) is 0 Å². The number of rotatable bonds is 7. The van der Waals surface area contributed by atoms with Crippen molar-refractivity contribution in [2.24, 2.45) is 5.92 Å². The van der Waals surface area contributed by atoms with Crippen molar-refractivity contribution in [1.82, 2.24) is 9.62 Å². The largest absolute Gasteiger partial charge is 0.495 e. The van der Waals surface area contributed by atoms with Crippen LogP contribution in [0.15, 0.2) is 77.7 Å². The van der Waals surface area contributed by atoms with Crippen LogP contribution in [0, 0.1) is 12.8 Å². The molecule has 1 saturated heterocycles. The number of nitrogens with one attached hydrogen (secondary N) is 1. The lowest BCUT2D eigenvalue weighted by Gasteiger charge is -2.38. The molecule has 2 amide bonds. The van der Waals surface area contributed by atoms with Gasteiger partial charge in [-0.15, -0.1) is 0 Å². The van der Waals surface area contributed by atoms with Gasteiger partial charge in [-0.3, -0.25) is 9.59 Å². The number of hydrogen-bond donors (Lipinski definition) is 1. The summed E-state index contributed by atoms with van der Waals surface area (Å²) in [6, 6.07) is 21.7. The molecular formula is C30H33N3O6S. The lowest BCUT2D eigenvalue weighted by Crippen LogP contribution is -2.53. The molecule has 0 radical (unpaired) electrons. The molecule has 0 aromatic heterocycles. The van der Waals surface area contributed by atoms with E-state index in [0.29, 0.717) is 37.4 Å². The summed E-state index contributed by atoms with van der Waals surface area (Å²) < 4.78 is 40.0. The molecule has 3 aromatic rings. The van der Waals surface area contributed by atoms with E-state index in [1.807, 2.05) is 37.3 Å². The van der Waals surface area contributed by atoms with Crippen molar-refractivity contribution < 1.29 is 27.5 Å². The van der Waals surface area contributed by atoms with Gasteiger partial charge in [-0.25, -0.2) is 8.42 Å². The van der Waals surface area contributed by atoms with Gasteiger partial charge in [-0.2, -0.15) is 4.31 Å². The first-order valence-electron chi connectivity index (χ1n) is 13.3. The molecule has 2 aliphatic rings. The van der Waals surface area contributed by atoms with E-state index in [9.17, 15) is 18.0 Å². The maximum Gasteiger partial charge on any atom is 0.263 e. The molecule has 9 nitrogen and oxygen atoms in total. The van der Waals surface area contributed by atoms with Gasteiger partial charge < -0.3 is 19.7 Å². The average molecular weight is 564 g/mol. The molecular weight excluding hydrogens is 530 g/mol. The van der Waals surface area contributed by atoms with Crippen molar-refractivity contribution >= 4 is 27.5 Å². The highest BCUT2D eigenvalue weighted by molar-refractivity contribution is 7.89. The number of amides is 2. The molecule has 1 N–H and O–H groups in total. The molecule has 0 saturated carbocycles. The van der Waals surface area contributed by atoms with Gasteiger partial charge in [0.05, 0.1) is 25.3 Å². The molecule has 1 fully saturated rings. The van der Waals surface area contributed by atoms with Gasteiger partial charge in [0.25, 0.3) is 5.91 Å². The number of methoxy groups -OCH3 is 1. The average Bonchev–Trinajstić information content (AvgIpc) is 2.99. The zero-order valence-corrected chi connectivity index (χ0v) is 23.4. The van der Waals surface area contributed by atoms with Crippen LogP contribution in [0.4, 0.5) is 5.69 Å². The van der Waals surface area contributed by atoms with Gasteiger partial charge in [0.1, 0.15) is 16.4 Å². The molecule has 2 atom stereocenters. The van der Waals surface area contributed by atoms with Gasteiger partial charge in [0, 0.05) is 19.6 Å². The molecule has 5 rings (SSSR count). The number of ether oxygens (including phenoxy) is 2. The highest BCUT2D eigenvalue weighted by Crippen LogP contribution is 2.36. The Morgan fingerprint density at radius 3 is 2.55 bits per heavy atom. The van der Waals surface area contributed by atoms with Crippen LogP contribution in [-0.4, -0.2) is 57.4 Å². The summed E-state index contributed by atoms with van der Waals surface area (Å²) in [6.07, 6.45) is 0.180. The number of carbonyl (C=O) groups is 2. The molecule has 0 bridgehead atoms. The summed E-state index contributed by atoms with van der Waals surface area (Å²) in [5, 5.41) is 2.90. The maximum atomic E-state index is 13.9. The molecule has 2 aliphatic heterocycles. The van der Waals surface area contributed by atoms with E-state index in [-0.39, 0.29) is 35.5 Å². The fraction of sp³-hybridized carbons (Fsp3) is 0.333. The summed E-state index contributed by atoms with van der Waals surface area (Å²) in [5.74, 6) is -0.418. The molecule has 2 unspecified atom stereocenters. The number of fused-ring (bicyclic) bond motifs is 1. The lowest BCUT2D eigenvalue weighted by molar-refractivity contribution is -0.129.